The lowest BCUT2D eigenvalue weighted by Gasteiger charge is -2.12. The Hall–Kier alpha value is -0.910. The molecule has 1 unspecified atom stereocenters. The second-order valence-electron chi connectivity index (χ2n) is 4.24. The SMILES string of the molecule is Cc1nc(CC(O)c2cc(Br)ccc2N)sc1C. The second kappa shape index (κ2) is 5.38. The minimum Gasteiger partial charge on any atom is -0.398 e. The number of nitrogens with two attached hydrogens (primary N) is 1. The summed E-state index contributed by atoms with van der Waals surface area (Å²) in [6.45, 7) is 4.02. The first kappa shape index (κ1) is 13.5. The molecule has 0 aliphatic rings. The molecule has 0 aliphatic heterocycles. The molecule has 3 nitrogen and oxygen atoms in total. The molecule has 1 aromatic carbocycles. The van der Waals surface area contributed by atoms with Gasteiger partial charge in [0.05, 0.1) is 16.8 Å². The van der Waals surface area contributed by atoms with Gasteiger partial charge in [0.1, 0.15) is 0 Å². The summed E-state index contributed by atoms with van der Waals surface area (Å²) in [6, 6.07) is 5.51. The maximum Gasteiger partial charge on any atom is 0.0960 e. The van der Waals surface area contributed by atoms with E-state index in [2.05, 4.69) is 20.9 Å². The van der Waals surface area contributed by atoms with E-state index >= 15 is 0 Å². The maximum atomic E-state index is 10.2. The Morgan fingerprint density at radius 1 is 1.44 bits per heavy atom. The number of aliphatic hydroxyl groups excluding tert-OH is 1. The van der Waals surface area contributed by atoms with Gasteiger partial charge in [-0.2, -0.15) is 0 Å². The molecular formula is C13H15BrN2OS. The Balaban J connectivity index is 2.21. The second-order valence-corrected chi connectivity index (χ2v) is 6.45. The zero-order valence-corrected chi connectivity index (χ0v) is 12.7. The maximum absolute atomic E-state index is 10.2. The molecule has 0 spiro atoms. The van der Waals surface area contributed by atoms with E-state index in [9.17, 15) is 5.11 Å². The van der Waals surface area contributed by atoms with Gasteiger partial charge in [0.25, 0.3) is 0 Å². The molecule has 0 radical (unpaired) electrons. The molecule has 2 aromatic rings. The molecule has 0 amide bonds. The fourth-order valence-corrected chi connectivity index (χ4v) is 3.09. The van der Waals surface area contributed by atoms with Gasteiger partial charge in [-0.3, -0.25) is 0 Å². The van der Waals surface area contributed by atoms with Crippen molar-refractivity contribution < 1.29 is 5.11 Å². The third-order valence-electron chi connectivity index (χ3n) is 2.85. The number of anilines is 1. The molecule has 0 saturated carbocycles. The van der Waals surface area contributed by atoms with Gasteiger partial charge in [0.15, 0.2) is 0 Å². The van der Waals surface area contributed by atoms with E-state index in [0.29, 0.717) is 12.1 Å². The number of aromatic nitrogens is 1. The van der Waals surface area contributed by atoms with E-state index in [1.54, 1.807) is 17.4 Å². The molecule has 18 heavy (non-hydrogen) atoms. The van der Waals surface area contributed by atoms with Crippen LogP contribution in [0, 0.1) is 13.8 Å². The molecule has 0 bridgehead atoms. The summed E-state index contributed by atoms with van der Waals surface area (Å²) >= 11 is 5.01. The standard InChI is InChI=1S/C13H15BrN2OS/c1-7-8(2)18-13(16-7)6-12(17)10-5-9(14)3-4-11(10)15/h3-5,12,17H,6,15H2,1-2H3. The fourth-order valence-electron chi connectivity index (χ4n) is 1.74. The average Bonchev–Trinajstić information content (AvgIpc) is 2.61. The molecule has 2 rings (SSSR count). The third kappa shape index (κ3) is 2.91. The topological polar surface area (TPSA) is 59.1 Å². The first-order valence-corrected chi connectivity index (χ1v) is 7.24. The average molecular weight is 327 g/mol. The Morgan fingerprint density at radius 2 is 2.17 bits per heavy atom. The summed E-state index contributed by atoms with van der Waals surface area (Å²) in [5, 5.41) is 11.2. The number of benzene rings is 1. The Morgan fingerprint density at radius 3 is 2.78 bits per heavy atom. The number of nitrogen functional groups attached to an aromatic ring is 1. The zero-order chi connectivity index (χ0) is 13.3. The minimum absolute atomic E-state index is 0.500. The lowest BCUT2D eigenvalue weighted by molar-refractivity contribution is 0.179. The Labute approximate surface area is 119 Å². The molecular weight excluding hydrogens is 312 g/mol. The van der Waals surface area contributed by atoms with E-state index in [0.717, 1.165) is 20.7 Å². The largest absolute Gasteiger partial charge is 0.398 e. The van der Waals surface area contributed by atoms with Crippen molar-refractivity contribution in [1.82, 2.24) is 4.98 Å². The van der Waals surface area contributed by atoms with Crippen molar-refractivity contribution in [3.8, 4) is 0 Å². The summed E-state index contributed by atoms with van der Waals surface area (Å²) < 4.78 is 0.914. The van der Waals surface area contributed by atoms with Crippen LogP contribution in [-0.4, -0.2) is 10.1 Å². The van der Waals surface area contributed by atoms with Crippen molar-refractivity contribution >= 4 is 33.0 Å². The molecule has 96 valence electrons. The van der Waals surface area contributed by atoms with Gasteiger partial charge in [0.2, 0.25) is 0 Å². The number of thiazole rings is 1. The minimum atomic E-state index is -0.618. The first-order valence-electron chi connectivity index (χ1n) is 5.63. The van der Waals surface area contributed by atoms with Crippen LogP contribution in [-0.2, 0) is 6.42 Å². The predicted molar refractivity (Wildman–Crippen MR) is 78.8 cm³/mol. The molecule has 0 aliphatic carbocycles. The van der Waals surface area contributed by atoms with Crippen molar-refractivity contribution in [1.29, 1.82) is 0 Å². The van der Waals surface area contributed by atoms with Crippen molar-refractivity contribution in [3.63, 3.8) is 0 Å². The van der Waals surface area contributed by atoms with Crippen LogP contribution in [0.2, 0.25) is 0 Å². The smallest absolute Gasteiger partial charge is 0.0960 e. The Kier molecular flexibility index (Phi) is 4.04. The molecule has 0 saturated heterocycles. The Bertz CT molecular complexity index is 549. The van der Waals surface area contributed by atoms with Crippen LogP contribution in [0.1, 0.15) is 27.2 Å². The summed E-state index contributed by atoms with van der Waals surface area (Å²) in [6.07, 6.45) is -0.118. The number of nitrogens with zero attached hydrogens (tertiary/aromatic N) is 1. The van der Waals surface area contributed by atoms with Crippen LogP contribution in [0.4, 0.5) is 5.69 Å². The van der Waals surface area contributed by atoms with Crippen molar-refractivity contribution in [2.24, 2.45) is 0 Å². The number of aliphatic hydroxyl groups is 1. The van der Waals surface area contributed by atoms with Gasteiger partial charge in [-0.05, 0) is 32.0 Å². The summed E-state index contributed by atoms with van der Waals surface area (Å²) in [4.78, 5) is 5.63. The van der Waals surface area contributed by atoms with E-state index in [-0.39, 0.29) is 0 Å². The van der Waals surface area contributed by atoms with Gasteiger partial charge < -0.3 is 10.8 Å². The fraction of sp³-hybridized carbons (Fsp3) is 0.308. The monoisotopic (exact) mass is 326 g/mol. The first-order chi connectivity index (χ1) is 8.47. The van der Waals surface area contributed by atoms with E-state index in [4.69, 9.17) is 5.73 Å². The number of rotatable bonds is 3. The van der Waals surface area contributed by atoms with Crippen LogP contribution >= 0.6 is 27.3 Å². The lowest BCUT2D eigenvalue weighted by atomic mass is 10.1. The number of aryl methyl sites for hydroxylation is 2. The lowest BCUT2D eigenvalue weighted by Crippen LogP contribution is -2.05. The van der Waals surface area contributed by atoms with Crippen LogP contribution < -0.4 is 5.73 Å². The molecule has 1 aromatic heterocycles. The molecule has 0 fully saturated rings. The number of hydrogen-bond donors (Lipinski definition) is 2. The van der Waals surface area contributed by atoms with Gasteiger partial charge >= 0.3 is 0 Å². The van der Waals surface area contributed by atoms with Gasteiger partial charge in [-0.25, -0.2) is 4.98 Å². The normalized spacial score (nSPS) is 12.7. The van der Waals surface area contributed by atoms with E-state index in [1.807, 2.05) is 26.0 Å². The van der Waals surface area contributed by atoms with Crippen LogP contribution in [0.25, 0.3) is 0 Å². The highest BCUT2D eigenvalue weighted by atomic mass is 79.9. The van der Waals surface area contributed by atoms with Crippen molar-refractivity contribution in [2.45, 2.75) is 26.4 Å². The van der Waals surface area contributed by atoms with Crippen LogP contribution in [0.15, 0.2) is 22.7 Å². The highest BCUT2D eigenvalue weighted by Crippen LogP contribution is 2.28. The highest BCUT2D eigenvalue weighted by molar-refractivity contribution is 9.10. The van der Waals surface area contributed by atoms with Crippen LogP contribution in [0.5, 0.6) is 0 Å². The number of halogens is 1. The molecule has 3 N–H and O–H groups in total. The molecule has 1 atom stereocenters. The van der Waals surface area contributed by atoms with Crippen molar-refractivity contribution in [2.75, 3.05) is 5.73 Å². The summed E-state index contributed by atoms with van der Waals surface area (Å²) in [5.41, 5.74) is 8.27. The zero-order valence-electron chi connectivity index (χ0n) is 10.3. The summed E-state index contributed by atoms with van der Waals surface area (Å²) in [7, 11) is 0. The van der Waals surface area contributed by atoms with E-state index < -0.39 is 6.10 Å². The van der Waals surface area contributed by atoms with Crippen molar-refractivity contribution in [3.05, 3.63) is 43.8 Å². The molecule has 1 heterocycles. The summed E-state index contributed by atoms with van der Waals surface area (Å²) in [5.74, 6) is 0. The third-order valence-corrected chi connectivity index (χ3v) is 4.44. The van der Waals surface area contributed by atoms with E-state index in [1.165, 1.54) is 4.88 Å². The van der Waals surface area contributed by atoms with Gasteiger partial charge in [-0.15, -0.1) is 11.3 Å². The van der Waals surface area contributed by atoms with Gasteiger partial charge in [0, 0.05) is 27.0 Å². The number of hydrogen-bond acceptors (Lipinski definition) is 4. The predicted octanol–water partition coefficient (Wildman–Crippen LogP) is 3.38. The van der Waals surface area contributed by atoms with Gasteiger partial charge in [-0.1, -0.05) is 15.9 Å². The highest BCUT2D eigenvalue weighted by Gasteiger charge is 2.15. The molecule has 5 heteroatoms. The van der Waals surface area contributed by atoms with Crippen LogP contribution in [0.3, 0.4) is 0 Å². The quantitative estimate of drug-likeness (QED) is 0.850.